The molecular formula is C12H28N4O4. The highest BCUT2D eigenvalue weighted by Crippen LogP contribution is 1.87. The van der Waals surface area contributed by atoms with Crippen molar-refractivity contribution in [3.05, 3.63) is 0 Å². The van der Waals surface area contributed by atoms with Gasteiger partial charge in [-0.25, -0.2) is 10.0 Å². The molecule has 1 rings (SSSR count). The van der Waals surface area contributed by atoms with Crippen LogP contribution in [-0.2, 0) is 18.9 Å². The lowest BCUT2D eigenvalue weighted by Gasteiger charge is -2.18. The van der Waals surface area contributed by atoms with Crippen LogP contribution in [0.3, 0.4) is 0 Å². The maximum Gasteiger partial charge on any atom is 0.0701 e. The minimum absolute atomic E-state index is 0.567. The smallest absolute Gasteiger partial charge is 0.0701 e. The molecule has 0 spiro atoms. The first-order valence-electron chi connectivity index (χ1n) is 7.09. The van der Waals surface area contributed by atoms with Gasteiger partial charge in [-0.05, 0) is 0 Å². The molecule has 0 aromatic carbocycles. The van der Waals surface area contributed by atoms with Gasteiger partial charge in [0.25, 0.3) is 0 Å². The Balaban J connectivity index is 2.16. The fourth-order valence-corrected chi connectivity index (χ4v) is 1.59. The molecule has 0 aromatic heterocycles. The number of hydrogen-bond acceptors (Lipinski definition) is 8. The van der Waals surface area contributed by atoms with Crippen molar-refractivity contribution in [2.75, 3.05) is 79.0 Å². The zero-order valence-corrected chi connectivity index (χ0v) is 12.2. The van der Waals surface area contributed by atoms with E-state index in [1.807, 2.05) is 0 Å². The van der Waals surface area contributed by atoms with Crippen LogP contribution in [0.1, 0.15) is 0 Å². The van der Waals surface area contributed by atoms with Gasteiger partial charge in [-0.15, -0.1) is 0 Å². The predicted octanol–water partition coefficient (Wildman–Crippen LogP) is -1.58. The van der Waals surface area contributed by atoms with Gasteiger partial charge in [0.15, 0.2) is 0 Å². The molecule has 1 aliphatic heterocycles. The third-order valence-corrected chi connectivity index (χ3v) is 2.84. The Hall–Kier alpha value is -0.320. The van der Waals surface area contributed by atoms with E-state index in [-0.39, 0.29) is 0 Å². The van der Waals surface area contributed by atoms with Gasteiger partial charge in [0.1, 0.15) is 0 Å². The molecule has 8 nitrogen and oxygen atoms in total. The molecule has 8 heteroatoms. The number of ether oxygens (including phenoxy) is 4. The molecule has 0 bridgehead atoms. The van der Waals surface area contributed by atoms with Crippen molar-refractivity contribution >= 4 is 0 Å². The van der Waals surface area contributed by atoms with Crippen LogP contribution in [-0.4, -0.2) is 89.1 Å². The highest BCUT2D eigenvalue weighted by molar-refractivity contribution is 4.49. The molecule has 1 heterocycles. The highest BCUT2D eigenvalue weighted by Gasteiger charge is 2.02. The molecule has 1 aliphatic rings. The van der Waals surface area contributed by atoms with Gasteiger partial charge >= 0.3 is 0 Å². The summed E-state index contributed by atoms with van der Waals surface area (Å²) in [6, 6.07) is 0. The topological polar surface area (TPSA) is 95.4 Å². The van der Waals surface area contributed by atoms with E-state index in [2.05, 4.69) is 0 Å². The number of nitrogens with zero attached hydrogens (tertiary/aromatic N) is 2. The number of rotatable bonds is 0. The average Bonchev–Trinajstić information content (AvgIpc) is 2.43. The van der Waals surface area contributed by atoms with Gasteiger partial charge in [-0.2, -0.15) is 0 Å². The van der Waals surface area contributed by atoms with Crippen LogP contribution in [0.4, 0.5) is 0 Å². The number of nitrogens with two attached hydrogens (primary N) is 2. The van der Waals surface area contributed by atoms with Crippen molar-refractivity contribution in [3.63, 3.8) is 0 Å². The largest absolute Gasteiger partial charge is 0.378 e. The van der Waals surface area contributed by atoms with Crippen molar-refractivity contribution in [1.82, 2.24) is 10.0 Å². The lowest BCUT2D eigenvalue weighted by molar-refractivity contribution is 0.00792. The van der Waals surface area contributed by atoms with E-state index in [0.717, 1.165) is 0 Å². The van der Waals surface area contributed by atoms with Crippen LogP contribution in [0.5, 0.6) is 0 Å². The van der Waals surface area contributed by atoms with Crippen LogP contribution in [0.25, 0.3) is 0 Å². The van der Waals surface area contributed by atoms with E-state index in [1.165, 1.54) is 0 Å². The summed E-state index contributed by atoms with van der Waals surface area (Å²) in [6.07, 6.45) is 0. The third-order valence-electron chi connectivity index (χ3n) is 2.84. The summed E-state index contributed by atoms with van der Waals surface area (Å²) in [5, 5.41) is 3.38. The summed E-state index contributed by atoms with van der Waals surface area (Å²) in [6.45, 7) is 7.34. The molecule has 0 unspecified atom stereocenters. The summed E-state index contributed by atoms with van der Waals surface area (Å²) in [5.41, 5.74) is 0. The molecule has 0 aromatic rings. The maximum absolute atomic E-state index is 5.79. The zero-order chi connectivity index (χ0) is 14.5. The van der Waals surface area contributed by atoms with Crippen molar-refractivity contribution in [3.8, 4) is 0 Å². The Morgan fingerprint density at radius 2 is 0.700 bits per heavy atom. The monoisotopic (exact) mass is 292 g/mol. The van der Waals surface area contributed by atoms with Gasteiger partial charge < -0.3 is 18.9 Å². The second-order valence-corrected chi connectivity index (χ2v) is 4.52. The van der Waals surface area contributed by atoms with E-state index in [4.69, 9.17) is 30.6 Å². The van der Waals surface area contributed by atoms with Gasteiger partial charge in [0, 0.05) is 26.2 Å². The summed E-state index contributed by atoms with van der Waals surface area (Å²) in [4.78, 5) is 0. The van der Waals surface area contributed by atoms with Crippen LogP contribution in [0, 0.1) is 0 Å². The highest BCUT2D eigenvalue weighted by atomic mass is 16.5. The molecule has 120 valence electrons. The van der Waals surface area contributed by atoms with Crippen LogP contribution >= 0.6 is 0 Å². The van der Waals surface area contributed by atoms with Gasteiger partial charge in [-0.1, -0.05) is 0 Å². The quantitative estimate of drug-likeness (QED) is 0.516. The minimum Gasteiger partial charge on any atom is -0.378 e. The number of hydrazine groups is 2. The van der Waals surface area contributed by atoms with Gasteiger partial charge in [-0.3, -0.25) is 11.7 Å². The molecule has 0 saturated carbocycles. The molecular weight excluding hydrogens is 264 g/mol. The first kappa shape index (κ1) is 17.7. The molecule has 20 heavy (non-hydrogen) atoms. The Kier molecular flexibility index (Phi) is 11.0. The second kappa shape index (κ2) is 12.4. The Morgan fingerprint density at radius 1 is 0.450 bits per heavy atom. The normalized spacial score (nSPS) is 24.9. The second-order valence-electron chi connectivity index (χ2n) is 4.52. The Morgan fingerprint density at radius 3 is 0.950 bits per heavy atom. The first-order chi connectivity index (χ1) is 9.79. The molecule has 0 radical (unpaired) electrons. The predicted molar refractivity (Wildman–Crippen MR) is 74.8 cm³/mol. The molecule has 0 atom stereocenters. The summed E-state index contributed by atoms with van der Waals surface area (Å²) < 4.78 is 21.7. The summed E-state index contributed by atoms with van der Waals surface area (Å²) >= 11 is 0. The minimum atomic E-state index is 0.567. The Labute approximate surface area is 120 Å². The number of hydrogen-bond donors (Lipinski definition) is 2. The maximum atomic E-state index is 5.79. The molecule has 1 saturated heterocycles. The lowest BCUT2D eigenvalue weighted by atomic mass is 10.5. The average molecular weight is 292 g/mol. The standard InChI is InChI=1S/C12H28N4O4/c13-15-1-5-17-9-10-19-7-3-16(14)4-8-20-12-11-18-6-2-15/h1-14H2. The van der Waals surface area contributed by atoms with Crippen LogP contribution in [0.15, 0.2) is 0 Å². The zero-order valence-electron chi connectivity index (χ0n) is 12.2. The Bertz CT molecular complexity index is 182. The van der Waals surface area contributed by atoms with Crippen molar-refractivity contribution in [1.29, 1.82) is 0 Å². The summed E-state index contributed by atoms with van der Waals surface area (Å²) in [7, 11) is 0. The van der Waals surface area contributed by atoms with E-state index in [9.17, 15) is 0 Å². The molecule has 4 N–H and O–H groups in total. The van der Waals surface area contributed by atoms with Crippen LogP contribution < -0.4 is 11.7 Å². The fraction of sp³-hybridized carbons (Fsp3) is 1.00. The third kappa shape index (κ3) is 10.5. The molecule has 1 fully saturated rings. The fourth-order valence-electron chi connectivity index (χ4n) is 1.59. The van der Waals surface area contributed by atoms with Crippen molar-refractivity contribution in [2.24, 2.45) is 11.7 Å². The first-order valence-corrected chi connectivity index (χ1v) is 7.09. The van der Waals surface area contributed by atoms with E-state index in [1.54, 1.807) is 10.0 Å². The lowest BCUT2D eigenvalue weighted by Crippen LogP contribution is -2.38. The molecule has 0 aliphatic carbocycles. The van der Waals surface area contributed by atoms with Crippen molar-refractivity contribution in [2.45, 2.75) is 0 Å². The van der Waals surface area contributed by atoms with Gasteiger partial charge in [0.2, 0.25) is 0 Å². The van der Waals surface area contributed by atoms with E-state index in [0.29, 0.717) is 79.0 Å². The SMILES string of the molecule is NN1CCOCCOCCN(N)CCOCCOCC1. The molecule has 0 amide bonds. The summed E-state index contributed by atoms with van der Waals surface area (Å²) in [5.74, 6) is 11.6. The van der Waals surface area contributed by atoms with E-state index >= 15 is 0 Å². The van der Waals surface area contributed by atoms with Crippen molar-refractivity contribution < 1.29 is 18.9 Å². The van der Waals surface area contributed by atoms with Crippen LogP contribution in [0.2, 0.25) is 0 Å². The van der Waals surface area contributed by atoms with Gasteiger partial charge in [0.05, 0.1) is 52.9 Å². The van der Waals surface area contributed by atoms with E-state index < -0.39 is 0 Å².